The maximum Gasteiger partial charge on any atom is 0.417 e. The summed E-state index contributed by atoms with van der Waals surface area (Å²) in [5.74, 6) is 0. The summed E-state index contributed by atoms with van der Waals surface area (Å²) in [6.45, 7) is 0. The minimum Gasteiger partial charge on any atom is -0.250 e. The van der Waals surface area contributed by atoms with Gasteiger partial charge in [0.25, 0.3) is 0 Å². The zero-order valence-electron chi connectivity index (χ0n) is 9.40. The van der Waals surface area contributed by atoms with E-state index in [0.29, 0.717) is 0 Å². The van der Waals surface area contributed by atoms with Crippen LogP contribution >= 0.6 is 57.4 Å². The first-order chi connectivity index (χ1) is 9.21. The van der Waals surface area contributed by atoms with E-state index in [-0.39, 0.29) is 29.9 Å². The summed E-state index contributed by atoms with van der Waals surface area (Å²) >= 11 is 19.4. The van der Waals surface area contributed by atoms with Gasteiger partial charge in [0.05, 0.1) is 20.6 Å². The van der Waals surface area contributed by atoms with Gasteiger partial charge in [-0.3, -0.25) is 0 Å². The Balaban J connectivity index is 2.79. The second-order valence-corrected chi connectivity index (χ2v) is 6.01. The number of nitrogens with zero attached hydrogens (tertiary/aromatic N) is 1. The van der Waals surface area contributed by atoms with Crippen LogP contribution in [0.25, 0.3) is 11.1 Å². The van der Waals surface area contributed by atoms with Crippen LogP contribution in [0, 0.1) is 3.70 Å². The van der Waals surface area contributed by atoms with Gasteiger partial charge in [-0.1, -0.05) is 34.8 Å². The smallest absolute Gasteiger partial charge is 0.250 e. The monoisotopic (exact) mass is 451 g/mol. The van der Waals surface area contributed by atoms with E-state index in [9.17, 15) is 13.2 Å². The van der Waals surface area contributed by atoms with Crippen molar-refractivity contribution in [3.8, 4) is 11.1 Å². The molecule has 0 radical (unpaired) electrons. The highest BCUT2D eigenvalue weighted by atomic mass is 127. The van der Waals surface area contributed by atoms with Crippen LogP contribution in [0.15, 0.2) is 24.4 Å². The van der Waals surface area contributed by atoms with Gasteiger partial charge >= 0.3 is 6.18 Å². The molecule has 0 saturated carbocycles. The van der Waals surface area contributed by atoms with Crippen molar-refractivity contribution in [3.63, 3.8) is 0 Å². The fraction of sp³-hybridized carbons (Fsp3) is 0.0833. The van der Waals surface area contributed by atoms with Gasteiger partial charge < -0.3 is 0 Å². The molecule has 0 unspecified atom stereocenters. The van der Waals surface area contributed by atoms with Crippen LogP contribution < -0.4 is 0 Å². The molecule has 1 nitrogen and oxygen atoms in total. The molecule has 0 spiro atoms. The number of hydrogen-bond donors (Lipinski definition) is 0. The number of aromatic nitrogens is 1. The summed E-state index contributed by atoms with van der Waals surface area (Å²) in [6.07, 6.45) is -3.42. The van der Waals surface area contributed by atoms with Crippen LogP contribution in [0.2, 0.25) is 15.1 Å². The third-order valence-corrected chi connectivity index (χ3v) is 4.34. The Morgan fingerprint density at radius 2 is 1.60 bits per heavy atom. The largest absolute Gasteiger partial charge is 0.417 e. The van der Waals surface area contributed by atoms with Gasteiger partial charge in [0, 0.05) is 17.3 Å². The number of hydrogen-bond acceptors (Lipinski definition) is 1. The number of pyridine rings is 1. The summed E-state index contributed by atoms with van der Waals surface area (Å²) in [5.41, 5.74) is -0.785. The van der Waals surface area contributed by atoms with E-state index in [0.717, 1.165) is 12.3 Å². The Hall–Kier alpha value is -0.240. The van der Waals surface area contributed by atoms with E-state index in [1.54, 1.807) is 22.6 Å². The quantitative estimate of drug-likeness (QED) is 0.280. The predicted octanol–water partition coefficient (Wildman–Crippen LogP) is 6.33. The highest BCUT2D eigenvalue weighted by Crippen LogP contribution is 2.43. The summed E-state index contributed by atoms with van der Waals surface area (Å²) in [6, 6.07) is 3.51. The van der Waals surface area contributed by atoms with Gasteiger partial charge in [0.2, 0.25) is 0 Å². The molecule has 1 aromatic carbocycles. The zero-order valence-corrected chi connectivity index (χ0v) is 13.8. The minimum absolute atomic E-state index is 0.0795. The fourth-order valence-corrected chi connectivity index (χ4v) is 3.03. The number of halogens is 7. The molecule has 0 bridgehead atoms. The molecule has 1 heterocycles. The summed E-state index contributed by atoms with van der Waals surface area (Å²) < 4.78 is 39.5. The topological polar surface area (TPSA) is 12.9 Å². The first kappa shape index (κ1) is 16.1. The maximum absolute atomic E-state index is 13.1. The molecule has 8 heteroatoms. The second kappa shape index (κ2) is 5.87. The zero-order chi connectivity index (χ0) is 15.1. The van der Waals surface area contributed by atoms with Gasteiger partial charge in [-0.2, -0.15) is 13.2 Å². The molecule has 0 aliphatic heterocycles. The average Bonchev–Trinajstić information content (AvgIpc) is 2.33. The average molecular weight is 452 g/mol. The molecule has 20 heavy (non-hydrogen) atoms. The lowest BCUT2D eigenvalue weighted by Crippen LogP contribution is -2.09. The SMILES string of the molecule is FC(F)(F)c1ccnc(I)c1-c1cc(Cl)c(Cl)cc1Cl. The lowest BCUT2D eigenvalue weighted by atomic mass is 10.0. The number of alkyl halides is 3. The summed E-state index contributed by atoms with van der Waals surface area (Å²) in [4.78, 5) is 3.87. The Morgan fingerprint density at radius 1 is 1.00 bits per heavy atom. The van der Waals surface area contributed by atoms with Crippen molar-refractivity contribution in [2.24, 2.45) is 0 Å². The molecule has 1 aromatic heterocycles. The van der Waals surface area contributed by atoms with E-state index in [4.69, 9.17) is 34.8 Å². The molecule has 0 aliphatic rings. The van der Waals surface area contributed by atoms with E-state index >= 15 is 0 Å². The maximum atomic E-state index is 13.1. The predicted molar refractivity (Wildman–Crippen MR) is 82.4 cm³/mol. The van der Waals surface area contributed by atoms with E-state index in [1.165, 1.54) is 12.1 Å². The molecule has 0 atom stereocenters. The van der Waals surface area contributed by atoms with Crippen LogP contribution in [-0.2, 0) is 6.18 Å². The first-order valence-electron chi connectivity index (χ1n) is 5.08. The van der Waals surface area contributed by atoms with Crippen molar-refractivity contribution in [1.29, 1.82) is 0 Å². The normalized spacial score (nSPS) is 11.8. The van der Waals surface area contributed by atoms with Crippen molar-refractivity contribution >= 4 is 57.4 Å². The van der Waals surface area contributed by atoms with E-state index < -0.39 is 11.7 Å². The van der Waals surface area contributed by atoms with Crippen LogP contribution in [0.4, 0.5) is 13.2 Å². The minimum atomic E-state index is -4.52. The van der Waals surface area contributed by atoms with Gasteiger partial charge in [-0.05, 0) is 40.8 Å². The lowest BCUT2D eigenvalue weighted by molar-refractivity contribution is -0.137. The Morgan fingerprint density at radius 3 is 2.20 bits per heavy atom. The van der Waals surface area contributed by atoms with Crippen LogP contribution in [0.3, 0.4) is 0 Å². The Bertz CT molecular complexity index is 674. The van der Waals surface area contributed by atoms with E-state index in [1.807, 2.05) is 0 Å². The van der Waals surface area contributed by atoms with Crippen molar-refractivity contribution in [2.75, 3.05) is 0 Å². The Kier molecular flexibility index (Phi) is 4.73. The molecule has 2 rings (SSSR count). The van der Waals surface area contributed by atoms with Crippen molar-refractivity contribution < 1.29 is 13.2 Å². The van der Waals surface area contributed by atoms with Crippen LogP contribution in [-0.4, -0.2) is 4.98 Å². The molecule has 0 aliphatic carbocycles. The fourth-order valence-electron chi connectivity index (χ4n) is 1.64. The Labute approximate surface area is 141 Å². The van der Waals surface area contributed by atoms with Crippen molar-refractivity contribution in [2.45, 2.75) is 6.18 Å². The summed E-state index contributed by atoms with van der Waals surface area (Å²) in [7, 11) is 0. The van der Waals surface area contributed by atoms with Crippen LogP contribution in [0.5, 0.6) is 0 Å². The third kappa shape index (κ3) is 3.16. The highest BCUT2D eigenvalue weighted by Gasteiger charge is 2.35. The molecule has 0 amide bonds. The molecule has 0 fully saturated rings. The molecular formula is C12H4Cl3F3IN. The summed E-state index contributed by atoms with van der Waals surface area (Å²) in [5, 5.41) is 0.377. The third-order valence-electron chi connectivity index (χ3n) is 2.49. The number of benzene rings is 1. The second-order valence-electron chi connectivity index (χ2n) is 3.77. The van der Waals surface area contributed by atoms with Gasteiger partial charge in [-0.15, -0.1) is 0 Å². The standard InChI is InChI=1S/C12H4Cl3F3IN/c13-7-4-9(15)8(14)3-5(7)10-6(12(16,17)18)1-2-20-11(10)19/h1-4H. The van der Waals surface area contributed by atoms with Gasteiger partial charge in [0.15, 0.2) is 0 Å². The van der Waals surface area contributed by atoms with Crippen molar-refractivity contribution in [1.82, 2.24) is 4.98 Å². The van der Waals surface area contributed by atoms with Crippen LogP contribution in [0.1, 0.15) is 5.56 Å². The van der Waals surface area contributed by atoms with Gasteiger partial charge in [-0.25, -0.2) is 4.98 Å². The molecule has 106 valence electrons. The number of rotatable bonds is 1. The highest BCUT2D eigenvalue weighted by molar-refractivity contribution is 14.1. The van der Waals surface area contributed by atoms with Crippen molar-refractivity contribution in [3.05, 3.63) is 48.7 Å². The molecule has 0 N–H and O–H groups in total. The molecule has 0 saturated heterocycles. The van der Waals surface area contributed by atoms with E-state index in [2.05, 4.69) is 4.98 Å². The lowest BCUT2D eigenvalue weighted by Gasteiger charge is -2.15. The first-order valence-corrected chi connectivity index (χ1v) is 7.29. The molecular weight excluding hydrogens is 448 g/mol. The molecule has 2 aromatic rings. The van der Waals surface area contributed by atoms with Gasteiger partial charge in [0.1, 0.15) is 3.70 Å².